The van der Waals surface area contributed by atoms with Crippen molar-refractivity contribution < 1.29 is 19.3 Å². The molecule has 1 heterocycles. The molecule has 1 aromatic rings. The second-order valence-electron chi connectivity index (χ2n) is 6.49. The first kappa shape index (κ1) is 19.6. The highest BCUT2D eigenvalue weighted by atomic mass is 32.1. The monoisotopic (exact) mass is 366 g/mol. The summed E-state index contributed by atoms with van der Waals surface area (Å²) in [6.07, 6.45) is 1.11. The SMILES string of the molecule is CCOC(=O)c1ccc(NC(=S)NCCC[NH+]2CC[NH+](C)CC2)cc1. The van der Waals surface area contributed by atoms with Gasteiger partial charge in [-0.3, -0.25) is 0 Å². The van der Waals surface area contributed by atoms with Gasteiger partial charge in [-0.15, -0.1) is 0 Å². The van der Waals surface area contributed by atoms with Gasteiger partial charge in [0.25, 0.3) is 0 Å². The van der Waals surface area contributed by atoms with Crippen molar-refractivity contribution >= 4 is 29.0 Å². The van der Waals surface area contributed by atoms with E-state index in [4.69, 9.17) is 17.0 Å². The Morgan fingerprint density at radius 3 is 2.52 bits per heavy atom. The number of hydrogen-bond donors (Lipinski definition) is 4. The average molecular weight is 367 g/mol. The van der Waals surface area contributed by atoms with Crippen molar-refractivity contribution in [1.82, 2.24) is 5.32 Å². The van der Waals surface area contributed by atoms with Crippen LogP contribution in [-0.2, 0) is 4.74 Å². The molecule has 0 atom stereocenters. The quantitative estimate of drug-likeness (QED) is 0.282. The summed E-state index contributed by atoms with van der Waals surface area (Å²) in [5.41, 5.74) is 1.40. The number of quaternary nitrogens is 2. The number of rotatable bonds is 7. The van der Waals surface area contributed by atoms with E-state index >= 15 is 0 Å². The van der Waals surface area contributed by atoms with E-state index < -0.39 is 0 Å². The Morgan fingerprint density at radius 2 is 1.88 bits per heavy atom. The van der Waals surface area contributed by atoms with Crippen LogP contribution < -0.4 is 20.4 Å². The molecule has 0 spiro atoms. The van der Waals surface area contributed by atoms with Crippen molar-refractivity contribution in [3.05, 3.63) is 29.8 Å². The minimum absolute atomic E-state index is 0.303. The third-order valence-corrected chi connectivity index (χ3v) is 4.70. The second kappa shape index (κ2) is 10.3. The average Bonchev–Trinajstić information content (AvgIpc) is 2.61. The van der Waals surface area contributed by atoms with Crippen LogP contribution in [0.25, 0.3) is 0 Å². The Balaban J connectivity index is 1.64. The first-order chi connectivity index (χ1) is 12.1. The fourth-order valence-corrected chi connectivity index (χ4v) is 3.12. The number of likely N-dealkylation sites (N-methyl/N-ethyl adjacent to an activating group) is 1. The van der Waals surface area contributed by atoms with Crippen molar-refractivity contribution in [3.63, 3.8) is 0 Å². The number of hydrogen-bond acceptors (Lipinski definition) is 3. The fourth-order valence-electron chi connectivity index (χ4n) is 2.90. The van der Waals surface area contributed by atoms with Crippen LogP contribution in [0.15, 0.2) is 24.3 Å². The minimum atomic E-state index is -0.303. The van der Waals surface area contributed by atoms with Crippen molar-refractivity contribution in [3.8, 4) is 0 Å². The van der Waals surface area contributed by atoms with Gasteiger partial charge >= 0.3 is 5.97 Å². The van der Waals surface area contributed by atoms with E-state index in [9.17, 15) is 4.79 Å². The van der Waals surface area contributed by atoms with E-state index in [2.05, 4.69) is 17.7 Å². The lowest BCUT2D eigenvalue weighted by Crippen LogP contribution is -3.27. The number of nitrogens with one attached hydrogen (secondary N) is 4. The molecule has 0 saturated carbocycles. The summed E-state index contributed by atoms with van der Waals surface area (Å²) in [6, 6.07) is 7.14. The van der Waals surface area contributed by atoms with Gasteiger partial charge in [-0.1, -0.05) is 0 Å². The summed E-state index contributed by atoms with van der Waals surface area (Å²) in [7, 11) is 2.27. The molecule has 1 saturated heterocycles. The van der Waals surface area contributed by atoms with Gasteiger partial charge in [0, 0.05) is 18.7 Å². The van der Waals surface area contributed by atoms with Crippen LogP contribution in [0.5, 0.6) is 0 Å². The first-order valence-corrected chi connectivity index (χ1v) is 9.46. The van der Waals surface area contributed by atoms with Crippen LogP contribution in [0.4, 0.5) is 5.69 Å². The summed E-state index contributed by atoms with van der Waals surface area (Å²) in [5.74, 6) is -0.303. The third-order valence-electron chi connectivity index (χ3n) is 4.46. The van der Waals surface area contributed by atoms with E-state index in [0.29, 0.717) is 17.3 Å². The van der Waals surface area contributed by atoms with E-state index in [1.54, 1.807) is 28.9 Å². The maximum Gasteiger partial charge on any atom is 0.338 e. The van der Waals surface area contributed by atoms with Gasteiger partial charge in [-0.05, 0) is 43.4 Å². The molecule has 6 nitrogen and oxygen atoms in total. The largest absolute Gasteiger partial charge is 0.462 e. The van der Waals surface area contributed by atoms with Gasteiger partial charge in [0.15, 0.2) is 5.11 Å². The standard InChI is InChI=1S/C18H28N4O2S/c1-3-24-17(23)15-5-7-16(8-6-15)20-18(25)19-9-4-10-22-13-11-21(2)12-14-22/h5-8H,3-4,9-14H2,1-2H3,(H2,19,20,25)/p+2. The smallest absolute Gasteiger partial charge is 0.338 e. The molecule has 0 bridgehead atoms. The number of piperazine rings is 1. The molecule has 2 rings (SSSR count). The summed E-state index contributed by atoms with van der Waals surface area (Å²) in [4.78, 5) is 15.0. The number of ether oxygens (including phenoxy) is 1. The predicted molar refractivity (Wildman–Crippen MR) is 103 cm³/mol. The molecule has 4 N–H and O–H groups in total. The molecular formula is C18H30N4O2S+2. The van der Waals surface area contributed by atoms with Gasteiger partial charge in [0.05, 0.1) is 25.8 Å². The van der Waals surface area contributed by atoms with E-state index in [1.165, 1.54) is 32.7 Å². The van der Waals surface area contributed by atoms with Gasteiger partial charge in [0.2, 0.25) is 0 Å². The molecule has 0 aliphatic carbocycles. The lowest BCUT2D eigenvalue weighted by atomic mass is 10.2. The minimum Gasteiger partial charge on any atom is -0.462 e. The van der Waals surface area contributed by atoms with Crippen LogP contribution in [0.1, 0.15) is 23.7 Å². The zero-order valence-electron chi connectivity index (χ0n) is 15.2. The number of esters is 1. The predicted octanol–water partition coefficient (Wildman–Crippen LogP) is -1.05. The van der Waals surface area contributed by atoms with E-state index in [-0.39, 0.29) is 5.97 Å². The maximum absolute atomic E-state index is 11.6. The molecule has 1 aliphatic rings. The van der Waals surface area contributed by atoms with Crippen molar-refractivity contribution in [2.24, 2.45) is 0 Å². The highest BCUT2D eigenvalue weighted by Crippen LogP contribution is 2.10. The molecule has 1 aliphatic heterocycles. The molecule has 1 aromatic carbocycles. The number of carbonyl (C=O) groups is 1. The highest BCUT2D eigenvalue weighted by molar-refractivity contribution is 7.80. The lowest BCUT2D eigenvalue weighted by molar-refractivity contribution is -1.00. The number of thiocarbonyl (C=S) groups is 1. The van der Waals surface area contributed by atoms with Crippen molar-refractivity contribution in [2.45, 2.75) is 13.3 Å². The Hall–Kier alpha value is -1.70. The van der Waals surface area contributed by atoms with E-state index in [0.717, 1.165) is 18.7 Å². The Kier molecular flexibility index (Phi) is 8.11. The van der Waals surface area contributed by atoms with Crippen LogP contribution in [0.3, 0.4) is 0 Å². The van der Waals surface area contributed by atoms with Gasteiger partial charge in [-0.25, -0.2) is 4.79 Å². The molecule has 138 valence electrons. The second-order valence-corrected chi connectivity index (χ2v) is 6.90. The van der Waals surface area contributed by atoms with E-state index in [1.807, 2.05) is 12.1 Å². The van der Waals surface area contributed by atoms with Crippen molar-refractivity contribution in [2.75, 3.05) is 58.2 Å². The molecule has 1 fully saturated rings. The fraction of sp³-hybridized carbons (Fsp3) is 0.556. The molecule has 0 amide bonds. The number of anilines is 1. The van der Waals surface area contributed by atoms with Crippen LogP contribution >= 0.6 is 12.2 Å². The summed E-state index contributed by atoms with van der Waals surface area (Å²) in [6.45, 7) is 9.31. The molecule has 25 heavy (non-hydrogen) atoms. The zero-order valence-corrected chi connectivity index (χ0v) is 16.0. The lowest BCUT2D eigenvalue weighted by Gasteiger charge is -2.27. The summed E-state index contributed by atoms with van der Waals surface area (Å²) < 4.78 is 4.97. The first-order valence-electron chi connectivity index (χ1n) is 9.05. The third kappa shape index (κ3) is 6.97. The highest BCUT2D eigenvalue weighted by Gasteiger charge is 2.18. The molecule has 0 unspecified atom stereocenters. The molecule has 0 radical (unpaired) electrons. The normalized spacial score (nSPS) is 19.9. The maximum atomic E-state index is 11.6. The zero-order chi connectivity index (χ0) is 18.1. The van der Waals surface area contributed by atoms with Gasteiger partial charge < -0.3 is 25.2 Å². The van der Waals surface area contributed by atoms with Crippen LogP contribution in [0, 0.1) is 0 Å². The number of benzene rings is 1. The molecule has 7 heteroatoms. The molecule has 0 aromatic heterocycles. The van der Waals surface area contributed by atoms with Crippen LogP contribution in [-0.4, -0.2) is 64.0 Å². The van der Waals surface area contributed by atoms with Gasteiger partial charge in [-0.2, -0.15) is 0 Å². The topological polar surface area (TPSA) is 59.2 Å². The Morgan fingerprint density at radius 1 is 1.20 bits per heavy atom. The van der Waals surface area contributed by atoms with Crippen molar-refractivity contribution in [1.29, 1.82) is 0 Å². The summed E-state index contributed by atoms with van der Waals surface area (Å²) >= 11 is 5.32. The number of carbonyl (C=O) groups excluding carboxylic acids is 1. The Bertz CT molecular complexity index is 557. The molecular weight excluding hydrogens is 336 g/mol. The Labute approximate surface area is 155 Å². The van der Waals surface area contributed by atoms with Crippen LogP contribution in [0.2, 0.25) is 0 Å². The summed E-state index contributed by atoms with van der Waals surface area (Å²) in [5, 5.41) is 7.00. The van der Waals surface area contributed by atoms with Gasteiger partial charge in [0.1, 0.15) is 26.2 Å².